The summed E-state index contributed by atoms with van der Waals surface area (Å²) in [6.45, 7) is 28.7. The first-order chi connectivity index (χ1) is 15.8. The van der Waals surface area contributed by atoms with Gasteiger partial charge in [0, 0.05) is 17.0 Å². The van der Waals surface area contributed by atoms with E-state index in [1.807, 2.05) is 0 Å². The summed E-state index contributed by atoms with van der Waals surface area (Å²) in [4.78, 5) is 0. The molecule has 0 aromatic heterocycles. The van der Waals surface area contributed by atoms with Gasteiger partial charge in [0.25, 0.3) is 0 Å². The minimum atomic E-state index is -0.193. The molecule has 0 radical (unpaired) electrons. The van der Waals surface area contributed by atoms with Crippen LogP contribution in [0.5, 0.6) is 11.5 Å². The molecule has 2 nitrogen and oxygen atoms in total. The Morgan fingerprint density at radius 2 is 0.886 bits per heavy atom. The maximum absolute atomic E-state index is 11.7. The molecule has 0 aliphatic carbocycles. The van der Waals surface area contributed by atoms with Gasteiger partial charge in [-0.3, -0.25) is 0 Å². The van der Waals surface area contributed by atoms with Gasteiger partial charge in [0.05, 0.1) is 0 Å². The zero-order valence-corrected chi connectivity index (χ0v) is 24.9. The molecule has 2 rings (SSSR count). The molecule has 0 fully saturated rings. The normalized spacial score (nSPS) is 13.5. The van der Waals surface area contributed by atoms with Crippen LogP contribution in [0, 0.1) is 0 Å². The fourth-order valence-electron chi connectivity index (χ4n) is 4.79. The molecule has 0 aliphatic heterocycles. The molecule has 0 amide bonds. The molecule has 0 unspecified atom stereocenters. The van der Waals surface area contributed by atoms with E-state index in [1.54, 1.807) is 0 Å². The monoisotopic (exact) mass is 480 g/mol. The Labute approximate surface area is 216 Å². The Kier molecular flexibility index (Phi) is 8.22. The van der Waals surface area contributed by atoms with E-state index in [0.717, 1.165) is 41.5 Å². The summed E-state index contributed by atoms with van der Waals surface area (Å²) in [6, 6.07) is 8.81. The van der Waals surface area contributed by atoms with Crippen molar-refractivity contribution in [1.29, 1.82) is 0 Å². The molecule has 2 N–H and O–H groups in total. The highest BCUT2D eigenvalue weighted by molar-refractivity contribution is 5.57. The van der Waals surface area contributed by atoms with Crippen LogP contribution >= 0.6 is 0 Å². The van der Waals surface area contributed by atoms with Gasteiger partial charge in [0.15, 0.2) is 0 Å². The minimum Gasteiger partial charge on any atom is -0.507 e. The lowest BCUT2D eigenvalue weighted by molar-refractivity contribution is 0.422. The van der Waals surface area contributed by atoms with Crippen molar-refractivity contribution in [2.24, 2.45) is 0 Å². The molecule has 2 heteroatoms. The molecule has 0 spiro atoms. The smallest absolute Gasteiger partial charge is 0.123 e. The van der Waals surface area contributed by atoms with Crippen LogP contribution in [0.3, 0.4) is 0 Å². The van der Waals surface area contributed by atoms with Crippen LogP contribution < -0.4 is 0 Å². The van der Waals surface area contributed by atoms with Crippen LogP contribution in [0.25, 0.3) is 0 Å². The highest BCUT2D eigenvalue weighted by Gasteiger charge is 2.33. The topological polar surface area (TPSA) is 40.5 Å². The first-order valence-corrected chi connectivity index (χ1v) is 13.6. The second kappa shape index (κ2) is 9.83. The highest BCUT2D eigenvalue weighted by Crippen LogP contribution is 2.48. The van der Waals surface area contributed by atoms with Crippen LogP contribution in [-0.2, 0) is 21.7 Å². The summed E-state index contributed by atoms with van der Waals surface area (Å²) in [5, 5.41) is 23.3. The van der Waals surface area contributed by atoms with Crippen molar-refractivity contribution in [1.82, 2.24) is 0 Å². The molecular weight excluding hydrogens is 428 g/mol. The van der Waals surface area contributed by atoms with Crippen LogP contribution in [-0.4, -0.2) is 10.2 Å². The number of aromatic hydroxyl groups is 2. The summed E-state index contributed by atoms with van der Waals surface area (Å²) in [7, 11) is 0. The van der Waals surface area contributed by atoms with Gasteiger partial charge in [-0.25, -0.2) is 0 Å². The Hall–Kier alpha value is -1.96. The van der Waals surface area contributed by atoms with E-state index in [2.05, 4.69) is 114 Å². The molecule has 0 saturated carbocycles. The van der Waals surface area contributed by atoms with E-state index < -0.39 is 0 Å². The average Bonchev–Trinajstić information content (AvgIpc) is 2.74. The molecule has 196 valence electrons. The lowest BCUT2D eigenvalue weighted by Crippen LogP contribution is -2.21. The Morgan fingerprint density at radius 3 is 1.11 bits per heavy atom. The number of phenols is 2. The SMILES string of the molecule is CCC(c1cc(C(C)(C)CC)cc(C(C)(C)C)c1O)c1cc(C(C)(C)CC)cc(C(C)(C)C)c1O. The molecule has 0 atom stereocenters. The van der Waals surface area contributed by atoms with Crippen molar-refractivity contribution in [2.75, 3.05) is 0 Å². The Bertz CT molecular complexity index is 959. The van der Waals surface area contributed by atoms with Gasteiger partial charge in [-0.1, -0.05) is 114 Å². The van der Waals surface area contributed by atoms with Crippen molar-refractivity contribution in [3.05, 3.63) is 57.6 Å². The van der Waals surface area contributed by atoms with Gasteiger partial charge in [-0.2, -0.15) is 0 Å². The molecule has 2 aromatic carbocycles. The third kappa shape index (κ3) is 5.89. The quantitative estimate of drug-likeness (QED) is 0.414. The van der Waals surface area contributed by atoms with Gasteiger partial charge in [-0.15, -0.1) is 0 Å². The van der Waals surface area contributed by atoms with E-state index >= 15 is 0 Å². The molecule has 35 heavy (non-hydrogen) atoms. The fourth-order valence-corrected chi connectivity index (χ4v) is 4.79. The molecular formula is C33H52O2. The highest BCUT2D eigenvalue weighted by atomic mass is 16.3. The number of phenolic OH excluding ortho intramolecular Hbond substituents is 2. The Morgan fingerprint density at radius 1 is 0.571 bits per heavy atom. The number of rotatable bonds is 7. The standard InChI is InChI=1S/C33H52O2/c1-14-23(24-17-21(32(10,11)15-2)19-26(28(24)34)30(4,5)6)25-18-22(33(12,13)16-3)20-27(29(25)35)31(7,8)9/h17-20,23,34-35H,14-16H2,1-13H3. The molecule has 0 heterocycles. The average molecular weight is 481 g/mol. The number of hydrogen-bond acceptors (Lipinski definition) is 2. The van der Waals surface area contributed by atoms with Gasteiger partial charge in [0.1, 0.15) is 11.5 Å². The maximum atomic E-state index is 11.7. The summed E-state index contributed by atoms with van der Waals surface area (Å²) < 4.78 is 0. The van der Waals surface area contributed by atoms with Crippen LogP contribution in [0.2, 0.25) is 0 Å². The summed E-state index contributed by atoms with van der Waals surface area (Å²) in [5.74, 6) is 0.645. The van der Waals surface area contributed by atoms with Crippen molar-refractivity contribution in [3.8, 4) is 11.5 Å². The first-order valence-electron chi connectivity index (χ1n) is 13.6. The zero-order chi connectivity index (χ0) is 27.1. The lowest BCUT2D eigenvalue weighted by Gasteiger charge is -2.33. The maximum Gasteiger partial charge on any atom is 0.123 e. The van der Waals surface area contributed by atoms with Crippen molar-refractivity contribution >= 4 is 0 Å². The van der Waals surface area contributed by atoms with Crippen LogP contribution in [0.1, 0.15) is 149 Å². The largest absolute Gasteiger partial charge is 0.507 e. The van der Waals surface area contributed by atoms with Crippen molar-refractivity contribution in [2.45, 2.75) is 137 Å². The van der Waals surface area contributed by atoms with Crippen LogP contribution in [0.15, 0.2) is 24.3 Å². The van der Waals surface area contributed by atoms with E-state index in [1.165, 1.54) is 11.1 Å². The molecule has 2 aromatic rings. The van der Waals surface area contributed by atoms with Gasteiger partial charge >= 0.3 is 0 Å². The molecule has 0 aliphatic rings. The summed E-state index contributed by atoms with van der Waals surface area (Å²) in [5.41, 5.74) is 5.90. The minimum absolute atomic E-state index is 0.00853. The predicted molar refractivity (Wildman–Crippen MR) is 152 cm³/mol. The van der Waals surface area contributed by atoms with E-state index in [0.29, 0.717) is 11.5 Å². The van der Waals surface area contributed by atoms with Crippen LogP contribution in [0.4, 0.5) is 0 Å². The first kappa shape index (κ1) is 29.3. The van der Waals surface area contributed by atoms with Crippen molar-refractivity contribution in [3.63, 3.8) is 0 Å². The Balaban J connectivity index is 2.98. The van der Waals surface area contributed by atoms with Crippen molar-refractivity contribution < 1.29 is 10.2 Å². The lowest BCUT2D eigenvalue weighted by atomic mass is 9.72. The van der Waals surface area contributed by atoms with Gasteiger partial charge < -0.3 is 10.2 Å². The number of benzene rings is 2. The molecule has 0 bridgehead atoms. The predicted octanol–water partition coefficient (Wildman–Crippen LogP) is 9.61. The van der Waals surface area contributed by atoms with E-state index in [-0.39, 0.29) is 27.6 Å². The summed E-state index contributed by atoms with van der Waals surface area (Å²) in [6.07, 6.45) is 2.81. The van der Waals surface area contributed by atoms with Gasteiger partial charge in [0.2, 0.25) is 0 Å². The van der Waals surface area contributed by atoms with E-state index in [4.69, 9.17) is 0 Å². The van der Waals surface area contributed by atoms with Gasteiger partial charge in [-0.05, 0) is 63.2 Å². The summed E-state index contributed by atoms with van der Waals surface area (Å²) >= 11 is 0. The third-order valence-electron chi connectivity index (χ3n) is 8.38. The second-order valence-electron chi connectivity index (χ2n) is 13.9. The molecule has 0 saturated heterocycles. The number of hydrogen-bond donors (Lipinski definition) is 2. The fraction of sp³-hybridized carbons (Fsp3) is 0.636. The third-order valence-corrected chi connectivity index (χ3v) is 8.38. The van der Waals surface area contributed by atoms with E-state index in [9.17, 15) is 10.2 Å². The second-order valence-corrected chi connectivity index (χ2v) is 13.9. The zero-order valence-electron chi connectivity index (χ0n) is 24.9.